The summed E-state index contributed by atoms with van der Waals surface area (Å²) in [6, 6.07) is 0. The molecule has 1 amide bonds. The van der Waals surface area contributed by atoms with Crippen molar-refractivity contribution in [3.63, 3.8) is 0 Å². The van der Waals surface area contributed by atoms with Gasteiger partial charge in [0.15, 0.2) is 0 Å². The third kappa shape index (κ3) is 7.29. The average molecular weight is 398 g/mol. The molecule has 1 aliphatic heterocycles. The van der Waals surface area contributed by atoms with Crippen LogP contribution in [0.3, 0.4) is 0 Å². The van der Waals surface area contributed by atoms with Crippen molar-refractivity contribution in [3.8, 4) is 0 Å². The number of unbranched alkanes of at least 4 members (excludes halogenated alkanes) is 2. The largest absolute Gasteiger partial charge is 0.460 e. The molecule has 0 aromatic rings. The third-order valence-electron chi connectivity index (χ3n) is 6.09. The first-order valence-corrected chi connectivity index (χ1v) is 11.4. The summed E-state index contributed by atoms with van der Waals surface area (Å²) in [6.45, 7) is 13.3. The van der Waals surface area contributed by atoms with E-state index in [0.29, 0.717) is 19.5 Å². The number of amides is 1. The molecule has 5 nitrogen and oxygen atoms in total. The molecule has 5 heteroatoms. The van der Waals surface area contributed by atoms with Gasteiger partial charge in [-0.25, -0.2) is 4.79 Å². The minimum absolute atomic E-state index is 0.179. The van der Waals surface area contributed by atoms with Crippen LogP contribution in [-0.2, 0) is 14.3 Å². The predicted octanol–water partition coefficient (Wildman–Crippen LogP) is 6.10. The van der Waals surface area contributed by atoms with E-state index in [1.165, 1.54) is 0 Å². The number of carbonyl (C=O) groups excluding carboxylic acids is 2. The van der Waals surface area contributed by atoms with Crippen molar-refractivity contribution in [1.29, 1.82) is 0 Å². The van der Waals surface area contributed by atoms with Gasteiger partial charge in [-0.1, -0.05) is 47.0 Å². The van der Waals surface area contributed by atoms with E-state index in [1.54, 1.807) is 4.90 Å². The predicted molar refractivity (Wildman–Crippen MR) is 113 cm³/mol. The van der Waals surface area contributed by atoms with Gasteiger partial charge in [-0.2, -0.15) is 0 Å². The van der Waals surface area contributed by atoms with Gasteiger partial charge in [0.2, 0.25) is 0 Å². The summed E-state index contributed by atoms with van der Waals surface area (Å²) >= 11 is 0. The number of rotatable bonds is 12. The van der Waals surface area contributed by atoms with Crippen LogP contribution in [-0.4, -0.2) is 41.8 Å². The van der Waals surface area contributed by atoms with Crippen molar-refractivity contribution in [1.82, 2.24) is 4.90 Å². The minimum atomic E-state index is -0.482. The summed E-state index contributed by atoms with van der Waals surface area (Å²) < 4.78 is 11.8. The number of ether oxygens (including phenoxy) is 2. The Balaban J connectivity index is 2.71. The summed E-state index contributed by atoms with van der Waals surface area (Å²) in [5, 5.41) is 0. The average Bonchev–Trinajstić information content (AvgIpc) is 3.13. The Morgan fingerprint density at radius 1 is 0.964 bits per heavy atom. The Hall–Kier alpha value is -1.26. The van der Waals surface area contributed by atoms with Crippen molar-refractivity contribution >= 4 is 12.1 Å². The second-order valence-corrected chi connectivity index (χ2v) is 9.01. The lowest BCUT2D eigenvalue weighted by atomic mass is 9.86. The molecule has 0 radical (unpaired) electrons. The Morgan fingerprint density at radius 2 is 1.57 bits per heavy atom. The summed E-state index contributed by atoms with van der Waals surface area (Å²) in [7, 11) is 0. The van der Waals surface area contributed by atoms with Crippen LogP contribution in [0.5, 0.6) is 0 Å². The van der Waals surface area contributed by atoms with Gasteiger partial charge < -0.3 is 14.4 Å². The van der Waals surface area contributed by atoms with Crippen LogP contribution in [0.4, 0.5) is 4.79 Å². The molecule has 1 aliphatic rings. The molecule has 1 saturated heterocycles. The molecule has 0 aromatic carbocycles. The van der Waals surface area contributed by atoms with E-state index in [-0.39, 0.29) is 23.8 Å². The van der Waals surface area contributed by atoms with Gasteiger partial charge in [0.25, 0.3) is 0 Å². The first-order valence-electron chi connectivity index (χ1n) is 11.4. The van der Waals surface area contributed by atoms with Crippen molar-refractivity contribution in [2.75, 3.05) is 13.1 Å². The third-order valence-corrected chi connectivity index (χ3v) is 6.09. The highest BCUT2D eigenvalue weighted by Gasteiger charge is 2.38. The number of carbonyl (C=O) groups is 2. The van der Waals surface area contributed by atoms with Crippen LogP contribution in [0.1, 0.15) is 106 Å². The highest BCUT2D eigenvalue weighted by Crippen LogP contribution is 2.32. The summed E-state index contributed by atoms with van der Waals surface area (Å²) in [5.41, 5.74) is -0.832. The lowest BCUT2D eigenvalue weighted by Gasteiger charge is -2.35. The molecule has 1 unspecified atom stereocenters. The van der Waals surface area contributed by atoms with Gasteiger partial charge in [0, 0.05) is 13.0 Å². The maximum atomic E-state index is 12.9. The molecule has 164 valence electrons. The van der Waals surface area contributed by atoms with E-state index in [4.69, 9.17) is 9.47 Å². The van der Waals surface area contributed by atoms with Crippen LogP contribution < -0.4 is 0 Å². The maximum absolute atomic E-state index is 12.9. The molecule has 1 fully saturated rings. The molecule has 1 heterocycles. The van der Waals surface area contributed by atoms with Crippen LogP contribution >= 0.6 is 0 Å². The highest BCUT2D eigenvalue weighted by atomic mass is 16.6. The van der Waals surface area contributed by atoms with Crippen molar-refractivity contribution in [3.05, 3.63) is 0 Å². The zero-order chi connectivity index (χ0) is 21.2. The second kappa shape index (κ2) is 11.7. The number of esters is 1. The van der Waals surface area contributed by atoms with Crippen LogP contribution in [0, 0.1) is 5.41 Å². The molecule has 28 heavy (non-hydrogen) atoms. The molecule has 0 N–H and O–H groups in total. The number of hydrogen-bond donors (Lipinski definition) is 0. The number of likely N-dealkylation sites (tertiary alicyclic amines) is 1. The van der Waals surface area contributed by atoms with E-state index >= 15 is 0 Å². The van der Waals surface area contributed by atoms with Crippen LogP contribution in [0.15, 0.2) is 0 Å². The molecule has 0 spiro atoms. The Bertz CT molecular complexity index is 481. The fourth-order valence-corrected chi connectivity index (χ4v) is 3.68. The molecule has 1 rings (SSSR count). The van der Waals surface area contributed by atoms with Crippen LogP contribution in [0.2, 0.25) is 0 Å². The fraction of sp³-hybridized carbons (Fsp3) is 0.913. The molecule has 0 aromatic heterocycles. The van der Waals surface area contributed by atoms with Gasteiger partial charge in [0.05, 0.1) is 12.0 Å². The molecule has 0 bridgehead atoms. The molecule has 1 atom stereocenters. The monoisotopic (exact) mass is 397 g/mol. The van der Waals surface area contributed by atoms with Gasteiger partial charge in [-0.15, -0.1) is 0 Å². The van der Waals surface area contributed by atoms with E-state index in [0.717, 1.165) is 57.8 Å². The Morgan fingerprint density at radius 3 is 2.07 bits per heavy atom. The first-order chi connectivity index (χ1) is 13.2. The van der Waals surface area contributed by atoms with Gasteiger partial charge in [-0.05, 0) is 52.4 Å². The Labute approximate surface area is 172 Å². The topological polar surface area (TPSA) is 55.8 Å². The van der Waals surface area contributed by atoms with Gasteiger partial charge in [0.1, 0.15) is 11.7 Å². The van der Waals surface area contributed by atoms with Gasteiger partial charge in [-0.3, -0.25) is 4.79 Å². The first kappa shape index (κ1) is 24.8. The SMILES string of the molecule is CCCCC(CCC)(CCCC)OC(=O)N1CCC(OC(=O)C(C)(C)CC)C1. The maximum Gasteiger partial charge on any atom is 0.410 e. The molecular weight excluding hydrogens is 354 g/mol. The zero-order valence-corrected chi connectivity index (χ0v) is 19.1. The highest BCUT2D eigenvalue weighted by molar-refractivity contribution is 5.76. The second-order valence-electron chi connectivity index (χ2n) is 9.01. The normalized spacial score (nSPS) is 17.6. The summed E-state index contributed by atoms with van der Waals surface area (Å²) in [5.74, 6) is -0.179. The fourth-order valence-electron chi connectivity index (χ4n) is 3.68. The van der Waals surface area contributed by atoms with E-state index in [1.807, 2.05) is 20.8 Å². The molecule has 0 saturated carbocycles. The smallest absolute Gasteiger partial charge is 0.410 e. The summed E-state index contributed by atoms with van der Waals surface area (Å²) in [4.78, 5) is 27.0. The molecular formula is C23H43NO4. The quantitative estimate of drug-likeness (QED) is 0.374. The molecule has 0 aliphatic carbocycles. The minimum Gasteiger partial charge on any atom is -0.460 e. The van der Waals surface area contributed by atoms with E-state index in [9.17, 15) is 9.59 Å². The van der Waals surface area contributed by atoms with Gasteiger partial charge >= 0.3 is 12.1 Å². The van der Waals surface area contributed by atoms with Crippen molar-refractivity contribution in [2.24, 2.45) is 5.41 Å². The standard InChI is InChI=1S/C23H43NO4/c1-7-11-15-23(14-9-3,16-12-8-2)28-21(26)24-17-13-19(18-24)27-20(25)22(5,6)10-4/h19H,7-18H2,1-6H3. The Kier molecular flexibility index (Phi) is 10.3. The van der Waals surface area contributed by atoms with Crippen molar-refractivity contribution in [2.45, 2.75) is 117 Å². The van der Waals surface area contributed by atoms with E-state index in [2.05, 4.69) is 20.8 Å². The van der Waals surface area contributed by atoms with Crippen molar-refractivity contribution < 1.29 is 19.1 Å². The van der Waals surface area contributed by atoms with Crippen LogP contribution in [0.25, 0.3) is 0 Å². The number of nitrogens with zero attached hydrogens (tertiary/aromatic N) is 1. The lowest BCUT2D eigenvalue weighted by molar-refractivity contribution is -0.159. The zero-order valence-electron chi connectivity index (χ0n) is 19.1. The lowest BCUT2D eigenvalue weighted by Crippen LogP contribution is -2.41. The summed E-state index contributed by atoms with van der Waals surface area (Å²) in [6.07, 6.45) is 9.08. The number of hydrogen-bond acceptors (Lipinski definition) is 4. The van der Waals surface area contributed by atoms with E-state index < -0.39 is 5.41 Å².